The van der Waals surface area contributed by atoms with Gasteiger partial charge in [0.05, 0.1) is 51.4 Å². The summed E-state index contributed by atoms with van der Waals surface area (Å²) in [7, 11) is 2.52. The van der Waals surface area contributed by atoms with Crippen molar-refractivity contribution in [3.05, 3.63) is 166 Å². The summed E-state index contributed by atoms with van der Waals surface area (Å²) in [6.07, 6.45) is 1.79. The van der Waals surface area contributed by atoms with Crippen molar-refractivity contribution in [2.45, 2.75) is 93.8 Å². The van der Waals surface area contributed by atoms with Gasteiger partial charge < -0.3 is 29.6 Å². The number of anilines is 4. The van der Waals surface area contributed by atoms with E-state index in [4.69, 9.17) is 18.9 Å². The molecule has 2 N–H and O–H groups in total. The van der Waals surface area contributed by atoms with Crippen LogP contribution in [-0.4, -0.2) is 66.6 Å². The number of methoxy groups -OCH3 is 2. The fourth-order valence-electron chi connectivity index (χ4n) is 7.15. The van der Waals surface area contributed by atoms with E-state index >= 15 is 0 Å². The van der Waals surface area contributed by atoms with Gasteiger partial charge in [-0.25, -0.2) is 28.3 Å². The Hall–Kier alpha value is -7.54. The number of halogens is 1. The topological polar surface area (TPSA) is 209 Å². The average Bonchev–Trinajstić information content (AvgIpc) is 3.33. The Morgan fingerprint density at radius 1 is 0.606 bits per heavy atom. The van der Waals surface area contributed by atoms with Crippen LogP contribution in [0.1, 0.15) is 69.4 Å². The fourth-order valence-corrected chi connectivity index (χ4v) is 7.41. The predicted molar refractivity (Wildman–Crippen MR) is 277 cm³/mol. The van der Waals surface area contributed by atoms with E-state index in [9.17, 15) is 28.8 Å². The van der Waals surface area contributed by atoms with Crippen LogP contribution in [0.15, 0.2) is 115 Å². The summed E-state index contributed by atoms with van der Waals surface area (Å²) in [6.45, 7) is 18.6. The smallest absolute Gasteiger partial charge is 0.354 e. The van der Waals surface area contributed by atoms with E-state index in [-0.39, 0.29) is 50.3 Å². The summed E-state index contributed by atoms with van der Waals surface area (Å²) in [5, 5.41) is 6.21. The molecule has 71 heavy (non-hydrogen) atoms. The molecule has 0 amide bonds. The molecule has 0 aliphatic rings. The van der Waals surface area contributed by atoms with Crippen LogP contribution in [0.25, 0.3) is 6.08 Å². The van der Waals surface area contributed by atoms with Gasteiger partial charge in [-0.1, -0.05) is 78.8 Å². The number of carbonyl (C=O) groups excluding carboxylic acids is 2. The molecule has 0 radical (unpaired) electrons. The molecule has 2 aromatic heterocycles. The van der Waals surface area contributed by atoms with Gasteiger partial charge >= 0.3 is 34.7 Å². The van der Waals surface area contributed by atoms with E-state index in [1.54, 1.807) is 32.1 Å². The molecule has 2 heterocycles. The molecule has 0 saturated heterocycles. The van der Waals surface area contributed by atoms with Gasteiger partial charge in [-0.05, 0) is 118 Å². The Labute approximate surface area is 420 Å². The average molecular weight is 1040 g/mol. The van der Waals surface area contributed by atoms with Crippen LogP contribution in [0.5, 0.6) is 11.5 Å². The molecule has 6 aromatic rings. The minimum Gasteiger partial charge on any atom is -0.491 e. The van der Waals surface area contributed by atoms with Crippen molar-refractivity contribution in [1.29, 1.82) is 0 Å². The summed E-state index contributed by atoms with van der Waals surface area (Å²) in [6, 6.07) is 26.0. The highest BCUT2D eigenvalue weighted by atomic mass is 79.9. The SMILES string of the molecule is C=Cc1ccc(Cn2c(Nc3ccc(OC(C)C)c(C)c3)nc(=O)n(C[C@H](C)C(=O)OC)c2=O)cc1.COC(=O)[C@@H](C)Cn1c(=O)nc(Nc2ccc(OC(C)C)c(C)c2)n(Cc2ccc(Br)cc2)c1=O. The zero-order valence-electron chi connectivity index (χ0n) is 41.6. The number of esters is 2. The van der Waals surface area contributed by atoms with Crippen molar-refractivity contribution in [2.24, 2.45) is 11.8 Å². The molecule has 18 nitrogen and oxygen atoms in total. The normalized spacial score (nSPS) is 11.8. The second-order valence-corrected chi connectivity index (χ2v) is 18.3. The van der Waals surface area contributed by atoms with Gasteiger partial charge in [-0.15, -0.1) is 0 Å². The molecule has 0 spiro atoms. The van der Waals surface area contributed by atoms with E-state index in [1.807, 2.05) is 114 Å². The van der Waals surface area contributed by atoms with Crippen LogP contribution >= 0.6 is 15.9 Å². The number of rotatable bonds is 19. The molecule has 376 valence electrons. The highest BCUT2D eigenvalue weighted by Crippen LogP contribution is 2.26. The van der Waals surface area contributed by atoms with E-state index < -0.39 is 46.5 Å². The Morgan fingerprint density at radius 3 is 1.32 bits per heavy atom. The summed E-state index contributed by atoms with van der Waals surface area (Å²) >= 11 is 3.41. The number of benzene rings is 4. The maximum atomic E-state index is 13.5. The molecule has 0 bridgehead atoms. The van der Waals surface area contributed by atoms with Gasteiger partial charge in [-0.3, -0.25) is 18.7 Å². The van der Waals surface area contributed by atoms with E-state index in [2.05, 4.69) is 43.1 Å². The molecule has 0 unspecified atom stereocenters. The molecule has 19 heteroatoms. The predicted octanol–water partition coefficient (Wildman–Crippen LogP) is 7.61. The third-order valence-corrected chi connectivity index (χ3v) is 11.3. The van der Waals surface area contributed by atoms with Crippen LogP contribution in [0.2, 0.25) is 0 Å². The van der Waals surface area contributed by atoms with Crippen LogP contribution in [0.3, 0.4) is 0 Å². The van der Waals surface area contributed by atoms with Gasteiger partial charge in [0.15, 0.2) is 0 Å². The lowest BCUT2D eigenvalue weighted by molar-refractivity contribution is -0.146. The molecule has 2 atom stereocenters. The number of carbonyl (C=O) groups is 2. The van der Waals surface area contributed by atoms with Crippen molar-refractivity contribution in [1.82, 2.24) is 28.2 Å². The van der Waals surface area contributed by atoms with Crippen LogP contribution in [0.4, 0.5) is 23.3 Å². The summed E-state index contributed by atoms with van der Waals surface area (Å²) in [5.74, 6) is -0.737. The van der Waals surface area contributed by atoms with Gasteiger partial charge in [-0.2, -0.15) is 9.97 Å². The highest BCUT2D eigenvalue weighted by Gasteiger charge is 2.22. The fraction of sp³-hybridized carbons (Fsp3) is 0.346. The van der Waals surface area contributed by atoms with Gasteiger partial charge in [0.25, 0.3) is 0 Å². The second-order valence-electron chi connectivity index (χ2n) is 17.4. The lowest BCUT2D eigenvalue weighted by Gasteiger charge is -2.18. The molecule has 6 rings (SSSR count). The number of hydrogen-bond acceptors (Lipinski definition) is 14. The second kappa shape index (κ2) is 24.8. The molecule has 0 saturated carbocycles. The van der Waals surface area contributed by atoms with Crippen LogP contribution < -0.4 is 42.9 Å². The van der Waals surface area contributed by atoms with Gasteiger partial charge in [0.1, 0.15) is 11.5 Å². The Kier molecular flexibility index (Phi) is 19.0. The summed E-state index contributed by atoms with van der Waals surface area (Å²) in [5.41, 5.74) is 3.01. The molecule has 0 aliphatic heterocycles. The van der Waals surface area contributed by atoms with Crippen molar-refractivity contribution >= 4 is 57.2 Å². The zero-order chi connectivity index (χ0) is 52.1. The third kappa shape index (κ3) is 14.7. The van der Waals surface area contributed by atoms with Crippen molar-refractivity contribution in [3.63, 3.8) is 0 Å². The maximum absolute atomic E-state index is 13.5. The van der Waals surface area contributed by atoms with Crippen molar-refractivity contribution in [3.8, 4) is 11.5 Å². The monoisotopic (exact) mass is 1040 g/mol. The Morgan fingerprint density at radius 2 is 0.986 bits per heavy atom. The van der Waals surface area contributed by atoms with E-state index in [1.165, 1.54) is 23.4 Å². The Bertz CT molecular complexity index is 3090. The number of aromatic nitrogens is 6. The molecule has 0 fully saturated rings. The van der Waals surface area contributed by atoms with Crippen LogP contribution in [0, 0.1) is 25.7 Å². The number of hydrogen-bond donors (Lipinski definition) is 2. The largest absolute Gasteiger partial charge is 0.491 e. The van der Waals surface area contributed by atoms with E-state index in [0.717, 1.165) is 52.9 Å². The minimum absolute atomic E-state index is 0.0294. The number of nitrogens with one attached hydrogen (secondary N) is 2. The lowest BCUT2D eigenvalue weighted by Crippen LogP contribution is -2.44. The molecule has 4 aromatic carbocycles. The number of nitrogens with zero attached hydrogens (tertiary/aromatic N) is 6. The van der Waals surface area contributed by atoms with Crippen molar-refractivity contribution in [2.75, 3.05) is 24.9 Å². The third-order valence-electron chi connectivity index (χ3n) is 10.8. The standard InChI is InChI=1S/C27H32N4O5.C25H29BrN4O5/c1-7-20-8-10-21(11-9-20)16-30-25(28-22-12-13-23(18(4)14-22)36-17(2)3)29-26(33)31(27(30)34)15-19(5)24(32)35-6;1-15(2)35-21-11-10-20(12-16(21)3)27-23-28-24(32)30(13-17(4)22(31)34-5)25(33)29(23)14-18-6-8-19(26)9-7-18/h7-14,17,19H,1,15-16H2,2-6H3,(H,28,29,33);6-12,15,17H,13-14H2,1-5H3,(H,27,28,32)/t19-;17-/m00/s1. The quantitative estimate of drug-likeness (QED) is 0.0749. The highest BCUT2D eigenvalue weighted by molar-refractivity contribution is 9.10. The van der Waals surface area contributed by atoms with E-state index in [0.29, 0.717) is 11.4 Å². The first kappa shape index (κ1) is 54.4. The van der Waals surface area contributed by atoms with Gasteiger partial charge in [0, 0.05) is 28.9 Å². The summed E-state index contributed by atoms with van der Waals surface area (Å²) in [4.78, 5) is 84.7. The van der Waals surface area contributed by atoms with Gasteiger partial charge in [0.2, 0.25) is 11.9 Å². The first-order chi connectivity index (χ1) is 33.7. The number of aryl methyl sites for hydroxylation is 2. The van der Waals surface area contributed by atoms with Crippen LogP contribution in [-0.2, 0) is 45.2 Å². The summed E-state index contributed by atoms with van der Waals surface area (Å²) < 4.78 is 26.6. The van der Waals surface area contributed by atoms with Crippen molar-refractivity contribution < 1.29 is 28.5 Å². The molecular formula is C52H61BrN8O10. The first-order valence-electron chi connectivity index (χ1n) is 22.8. The minimum atomic E-state index is -0.756. The zero-order valence-corrected chi connectivity index (χ0v) is 43.2. The lowest BCUT2D eigenvalue weighted by atomic mass is 10.1. The molecule has 0 aliphatic carbocycles. The number of ether oxygens (including phenoxy) is 4. The maximum Gasteiger partial charge on any atom is 0.354 e. The Balaban J connectivity index is 0.000000264. The molecular weight excluding hydrogens is 977 g/mol. The first-order valence-corrected chi connectivity index (χ1v) is 23.6.